The molecule has 0 aliphatic carbocycles. The number of carbonyl (C=O) groups is 2. The Morgan fingerprint density at radius 3 is 2.10 bits per heavy atom. The van der Waals surface area contributed by atoms with Crippen molar-refractivity contribution in [2.24, 2.45) is 11.5 Å². The van der Waals surface area contributed by atoms with Crippen molar-refractivity contribution in [3.05, 3.63) is 0 Å². The van der Waals surface area contributed by atoms with Crippen molar-refractivity contribution in [1.82, 2.24) is 0 Å². The summed E-state index contributed by atoms with van der Waals surface area (Å²) in [7, 11) is 0. The summed E-state index contributed by atoms with van der Waals surface area (Å²) < 4.78 is 0. The molecule has 0 radical (unpaired) electrons. The fraction of sp³-hybridized carbons (Fsp3) is 0.818. The van der Waals surface area contributed by atoms with E-state index in [-0.39, 0.29) is 6.29 Å². The van der Waals surface area contributed by atoms with Crippen molar-refractivity contribution in [2.45, 2.75) is 43.6 Å². The highest BCUT2D eigenvalue weighted by Gasteiger charge is 2.22. The maximum Gasteiger partial charge on any atom is 0.320 e. The van der Waals surface area contributed by atoms with Crippen LogP contribution in [-0.4, -0.2) is 75.3 Å². The van der Waals surface area contributed by atoms with E-state index in [9.17, 15) is 9.59 Å². The molecular weight excluding hydrogens is 272 g/mol. The predicted molar refractivity (Wildman–Crippen MR) is 69.7 cm³/mol. The van der Waals surface area contributed by atoms with Crippen molar-refractivity contribution >= 4 is 12.3 Å². The van der Waals surface area contributed by atoms with Crippen LogP contribution in [-0.2, 0) is 9.59 Å². The second-order valence-corrected chi connectivity index (χ2v) is 4.10. The highest BCUT2D eigenvalue weighted by Crippen LogP contribution is 1.97. The first-order valence-corrected chi connectivity index (χ1v) is 6.10. The first kappa shape index (κ1) is 21.2. The number of rotatable bonds is 9. The highest BCUT2D eigenvalue weighted by molar-refractivity contribution is 5.72. The van der Waals surface area contributed by atoms with Crippen LogP contribution in [0.4, 0.5) is 0 Å². The molecule has 4 atom stereocenters. The largest absolute Gasteiger partial charge is 0.480 e. The number of aliphatic hydroxyl groups is 4. The van der Waals surface area contributed by atoms with E-state index in [0.29, 0.717) is 13.0 Å². The summed E-state index contributed by atoms with van der Waals surface area (Å²) >= 11 is 0. The van der Waals surface area contributed by atoms with E-state index < -0.39 is 36.9 Å². The molecule has 0 saturated heterocycles. The number of aliphatic carboxylic acids is 1. The van der Waals surface area contributed by atoms with Gasteiger partial charge in [0.25, 0.3) is 0 Å². The number of carbonyl (C=O) groups excluding carboxylic acids is 1. The van der Waals surface area contributed by atoms with Crippen molar-refractivity contribution < 1.29 is 35.1 Å². The lowest BCUT2D eigenvalue weighted by Crippen LogP contribution is -2.40. The lowest BCUT2D eigenvalue weighted by atomic mass is 10.1. The van der Waals surface area contributed by atoms with Gasteiger partial charge < -0.3 is 41.8 Å². The SMILES string of the molecule is NCCCCC(N)C(=O)O.O=CC(O)C(O)C(O)CO. The minimum absolute atomic E-state index is 0.0869. The summed E-state index contributed by atoms with van der Waals surface area (Å²) in [6, 6.07) is -0.716. The van der Waals surface area contributed by atoms with E-state index in [2.05, 4.69) is 0 Å². The summed E-state index contributed by atoms with van der Waals surface area (Å²) in [6.07, 6.45) is -2.47. The van der Waals surface area contributed by atoms with Gasteiger partial charge in [0.15, 0.2) is 6.29 Å². The van der Waals surface area contributed by atoms with Crippen LogP contribution in [0.3, 0.4) is 0 Å². The Bertz CT molecular complexity index is 265. The highest BCUT2D eigenvalue weighted by atomic mass is 16.4. The molecule has 0 aromatic rings. The fourth-order valence-corrected chi connectivity index (χ4v) is 1.05. The molecule has 0 fully saturated rings. The minimum atomic E-state index is -1.64. The molecule has 4 unspecified atom stereocenters. The van der Waals surface area contributed by atoms with Gasteiger partial charge in [0.2, 0.25) is 0 Å². The van der Waals surface area contributed by atoms with Gasteiger partial charge in [-0.25, -0.2) is 0 Å². The molecule has 0 bridgehead atoms. The molecule has 0 saturated carbocycles. The number of carboxylic acid groups (broad SMARTS) is 1. The molecule has 0 spiro atoms. The van der Waals surface area contributed by atoms with E-state index in [4.69, 9.17) is 37.0 Å². The lowest BCUT2D eigenvalue weighted by molar-refractivity contribution is -0.138. The molecule has 120 valence electrons. The second kappa shape index (κ2) is 12.9. The topological polar surface area (TPSA) is 187 Å². The zero-order valence-electron chi connectivity index (χ0n) is 11.1. The Kier molecular flexibility index (Phi) is 13.7. The molecule has 20 heavy (non-hydrogen) atoms. The average Bonchev–Trinajstić information content (AvgIpc) is 2.45. The van der Waals surface area contributed by atoms with E-state index >= 15 is 0 Å². The van der Waals surface area contributed by atoms with Crippen LogP contribution in [0.5, 0.6) is 0 Å². The molecule has 0 aromatic carbocycles. The van der Waals surface area contributed by atoms with E-state index in [1.165, 1.54) is 0 Å². The van der Waals surface area contributed by atoms with Crippen LogP contribution < -0.4 is 11.5 Å². The van der Waals surface area contributed by atoms with Crippen molar-refractivity contribution in [1.29, 1.82) is 0 Å². The fourth-order valence-electron chi connectivity index (χ4n) is 1.05. The van der Waals surface area contributed by atoms with Crippen LogP contribution in [0.15, 0.2) is 0 Å². The van der Waals surface area contributed by atoms with Crippen LogP contribution in [0.25, 0.3) is 0 Å². The summed E-state index contributed by atoms with van der Waals surface area (Å²) in [5.74, 6) is -0.933. The molecule has 0 amide bonds. The minimum Gasteiger partial charge on any atom is -0.480 e. The average molecular weight is 296 g/mol. The maximum absolute atomic E-state index is 10.1. The number of unbranched alkanes of at least 4 members (excludes halogenated alkanes) is 1. The van der Waals surface area contributed by atoms with Gasteiger partial charge in [-0.05, 0) is 19.4 Å². The van der Waals surface area contributed by atoms with E-state index in [1.807, 2.05) is 0 Å². The smallest absolute Gasteiger partial charge is 0.320 e. The Hall–Kier alpha value is -1.10. The van der Waals surface area contributed by atoms with Gasteiger partial charge in [0.1, 0.15) is 24.4 Å². The first-order valence-electron chi connectivity index (χ1n) is 6.10. The van der Waals surface area contributed by atoms with Gasteiger partial charge in [-0.15, -0.1) is 0 Å². The molecule has 0 aliphatic heterocycles. The van der Waals surface area contributed by atoms with E-state index in [0.717, 1.165) is 12.8 Å². The van der Waals surface area contributed by atoms with Gasteiger partial charge in [0.05, 0.1) is 6.61 Å². The molecule has 0 aliphatic rings. The number of hydrogen-bond acceptors (Lipinski definition) is 8. The number of aliphatic hydroxyl groups excluding tert-OH is 4. The summed E-state index contributed by atoms with van der Waals surface area (Å²) in [5.41, 5.74) is 10.4. The van der Waals surface area contributed by atoms with Crippen molar-refractivity contribution in [2.75, 3.05) is 13.2 Å². The van der Waals surface area contributed by atoms with Crippen molar-refractivity contribution in [3.63, 3.8) is 0 Å². The number of carboxylic acids is 1. The monoisotopic (exact) mass is 296 g/mol. The van der Waals surface area contributed by atoms with Crippen LogP contribution in [0.1, 0.15) is 19.3 Å². The Morgan fingerprint density at radius 1 is 1.20 bits per heavy atom. The maximum atomic E-state index is 10.1. The van der Waals surface area contributed by atoms with Crippen LogP contribution in [0, 0.1) is 0 Å². The van der Waals surface area contributed by atoms with Crippen molar-refractivity contribution in [3.8, 4) is 0 Å². The number of aldehydes is 1. The third kappa shape index (κ3) is 10.8. The Labute approximate surface area is 116 Å². The molecule has 9 nitrogen and oxygen atoms in total. The second-order valence-electron chi connectivity index (χ2n) is 4.10. The molecule has 0 aromatic heterocycles. The molecule has 0 heterocycles. The first-order chi connectivity index (χ1) is 9.31. The Morgan fingerprint density at radius 2 is 1.75 bits per heavy atom. The van der Waals surface area contributed by atoms with Gasteiger partial charge >= 0.3 is 5.97 Å². The lowest BCUT2D eigenvalue weighted by Gasteiger charge is -2.16. The number of nitrogens with two attached hydrogens (primary N) is 2. The normalized spacial score (nSPS) is 16.3. The predicted octanol–water partition coefficient (Wildman–Crippen LogP) is -3.21. The standard InChI is InChI=1S/C6H14N2O2.C5H10O5/c7-4-2-1-3-5(8)6(9)10;6-1-3(8)5(10)4(9)2-7/h5H,1-4,7-8H2,(H,9,10);1,3-5,7-10H,2H2. The number of hydrogen-bond donors (Lipinski definition) is 7. The zero-order valence-corrected chi connectivity index (χ0v) is 11.1. The summed E-state index contributed by atoms with van der Waals surface area (Å²) in [4.78, 5) is 19.9. The molecular formula is C11H24N2O7. The van der Waals surface area contributed by atoms with Gasteiger partial charge in [-0.3, -0.25) is 4.79 Å². The van der Waals surface area contributed by atoms with Crippen LogP contribution in [0.2, 0.25) is 0 Å². The quantitative estimate of drug-likeness (QED) is 0.170. The molecule has 0 rings (SSSR count). The van der Waals surface area contributed by atoms with Gasteiger partial charge in [-0.1, -0.05) is 6.42 Å². The summed E-state index contributed by atoms with van der Waals surface area (Å²) in [6.45, 7) is -0.0849. The van der Waals surface area contributed by atoms with Crippen LogP contribution >= 0.6 is 0 Å². The Balaban J connectivity index is 0. The van der Waals surface area contributed by atoms with Gasteiger partial charge in [-0.2, -0.15) is 0 Å². The summed E-state index contributed by atoms with van der Waals surface area (Å²) in [5, 5.41) is 42.4. The molecule has 9 N–H and O–H groups in total. The van der Waals surface area contributed by atoms with Gasteiger partial charge in [0, 0.05) is 0 Å². The zero-order chi connectivity index (χ0) is 16.1. The van der Waals surface area contributed by atoms with E-state index in [1.54, 1.807) is 0 Å². The third-order valence-electron chi connectivity index (χ3n) is 2.36. The molecule has 9 heteroatoms. The third-order valence-corrected chi connectivity index (χ3v) is 2.36.